The molecule has 4 rings (SSSR count). The molecule has 0 aromatic heterocycles. The van der Waals surface area contributed by atoms with Crippen LogP contribution in [0.15, 0.2) is 78.9 Å². The predicted molar refractivity (Wildman–Crippen MR) is 131 cm³/mol. The summed E-state index contributed by atoms with van der Waals surface area (Å²) in [6.45, 7) is 2.87. The van der Waals surface area contributed by atoms with Gasteiger partial charge in [-0.15, -0.1) is 0 Å². The Morgan fingerprint density at radius 2 is 1.41 bits per heavy atom. The Morgan fingerprint density at radius 3 is 1.94 bits per heavy atom. The molecule has 0 saturated carbocycles. The van der Waals surface area contributed by atoms with Crippen molar-refractivity contribution in [1.29, 1.82) is 0 Å². The minimum Gasteiger partial charge on any atom is -0.339 e. The first-order chi connectivity index (χ1) is 15.5. The largest absolute Gasteiger partial charge is 0.339 e. The predicted octanol–water partition coefficient (Wildman–Crippen LogP) is 4.80. The van der Waals surface area contributed by atoms with Crippen molar-refractivity contribution in [1.82, 2.24) is 9.80 Å². The molecule has 1 unspecified atom stereocenters. The Bertz CT molecular complexity index is 998. The van der Waals surface area contributed by atoms with E-state index in [-0.39, 0.29) is 11.9 Å². The minimum atomic E-state index is -0.626. The first kappa shape index (κ1) is 22.8. The second kappa shape index (κ2) is 10.5. The van der Waals surface area contributed by atoms with Gasteiger partial charge in [-0.3, -0.25) is 9.69 Å². The third kappa shape index (κ3) is 5.33. The van der Waals surface area contributed by atoms with Crippen LogP contribution in [-0.4, -0.2) is 47.9 Å². The van der Waals surface area contributed by atoms with Crippen molar-refractivity contribution < 1.29 is 4.79 Å². The molecule has 0 radical (unpaired) electrons. The zero-order chi connectivity index (χ0) is 22.5. The molecule has 3 aromatic carbocycles. The van der Waals surface area contributed by atoms with E-state index in [0.29, 0.717) is 29.6 Å². The maximum atomic E-state index is 13.0. The lowest BCUT2D eigenvalue weighted by atomic mass is 9.96. The van der Waals surface area contributed by atoms with Gasteiger partial charge in [0.2, 0.25) is 5.91 Å². The van der Waals surface area contributed by atoms with Crippen molar-refractivity contribution in [3.8, 4) is 0 Å². The Labute approximate surface area is 199 Å². The number of nitrogens with zero attached hydrogens (tertiary/aromatic N) is 2. The number of rotatable bonds is 6. The van der Waals surface area contributed by atoms with Gasteiger partial charge in [0, 0.05) is 36.2 Å². The molecule has 2 N–H and O–H groups in total. The van der Waals surface area contributed by atoms with Crippen LogP contribution in [0, 0.1) is 0 Å². The topological polar surface area (TPSA) is 49.6 Å². The first-order valence-corrected chi connectivity index (χ1v) is 11.6. The standard InChI is InChI=1S/C26H27Cl2N3O/c27-22-12-11-21(23(28)18-22)17-24(29)26(32)31-15-13-30(14-16-31)25(19-7-3-1-4-8-19)20-9-5-2-6-10-20/h1-12,18,24-25H,13-17,29H2. The molecule has 1 fully saturated rings. The molecule has 1 saturated heterocycles. The highest BCUT2D eigenvalue weighted by Gasteiger charge is 2.30. The summed E-state index contributed by atoms with van der Waals surface area (Å²) in [5, 5.41) is 1.11. The number of hydrogen-bond donors (Lipinski definition) is 1. The summed E-state index contributed by atoms with van der Waals surface area (Å²) in [6.07, 6.45) is 0.395. The molecule has 1 heterocycles. The fraction of sp³-hybridized carbons (Fsp3) is 0.269. The maximum absolute atomic E-state index is 13.0. The van der Waals surface area contributed by atoms with Crippen LogP contribution in [-0.2, 0) is 11.2 Å². The van der Waals surface area contributed by atoms with E-state index in [1.54, 1.807) is 12.1 Å². The van der Waals surface area contributed by atoms with Crippen LogP contribution in [0.25, 0.3) is 0 Å². The van der Waals surface area contributed by atoms with Gasteiger partial charge in [0.15, 0.2) is 0 Å². The van der Waals surface area contributed by atoms with Gasteiger partial charge in [0.05, 0.1) is 12.1 Å². The summed E-state index contributed by atoms with van der Waals surface area (Å²) in [5.41, 5.74) is 9.62. The number of carbonyl (C=O) groups is 1. The molecular weight excluding hydrogens is 441 g/mol. The molecule has 166 valence electrons. The van der Waals surface area contributed by atoms with Crippen LogP contribution in [0.3, 0.4) is 0 Å². The molecular formula is C26H27Cl2N3O. The van der Waals surface area contributed by atoms with Crippen molar-refractivity contribution >= 4 is 29.1 Å². The molecule has 0 spiro atoms. The van der Waals surface area contributed by atoms with Gasteiger partial charge < -0.3 is 10.6 Å². The van der Waals surface area contributed by atoms with Crippen LogP contribution in [0.4, 0.5) is 0 Å². The van der Waals surface area contributed by atoms with Crippen molar-refractivity contribution in [2.45, 2.75) is 18.5 Å². The average molecular weight is 468 g/mol. The highest BCUT2D eigenvalue weighted by atomic mass is 35.5. The molecule has 1 atom stereocenters. The highest BCUT2D eigenvalue weighted by Crippen LogP contribution is 2.29. The van der Waals surface area contributed by atoms with E-state index >= 15 is 0 Å². The number of amides is 1. The van der Waals surface area contributed by atoms with Gasteiger partial charge >= 0.3 is 0 Å². The van der Waals surface area contributed by atoms with Crippen molar-refractivity contribution in [3.63, 3.8) is 0 Å². The normalized spacial score (nSPS) is 15.7. The second-order valence-corrected chi connectivity index (χ2v) is 8.98. The zero-order valence-corrected chi connectivity index (χ0v) is 19.3. The second-order valence-electron chi connectivity index (χ2n) is 8.13. The smallest absolute Gasteiger partial charge is 0.239 e. The van der Waals surface area contributed by atoms with Crippen molar-refractivity contribution in [2.24, 2.45) is 5.73 Å². The van der Waals surface area contributed by atoms with Gasteiger partial charge in [0.1, 0.15) is 0 Å². The van der Waals surface area contributed by atoms with Crippen LogP contribution < -0.4 is 5.73 Å². The van der Waals surface area contributed by atoms with Gasteiger partial charge in [0.25, 0.3) is 0 Å². The maximum Gasteiger partial charge on any atom is 0.239 e. The monoisotopic (exact) mass is 467 g/mol. The van der Waals surface area contributed by atoms with Crippen LogP contribution in [0.5, 0.6) is 0 Å². The molecule has 3 aromatic rings. The summed E-state index contributed by atoms with van der Waals surface area (Å²) in [7, 11) is 0. The van der Waals surface area contributed by atoms with E-state index in [1.807, 2.05) is 23.1 Å². The quantitative estimate of drug-likeness (QED) is 0.566. The van der Waals surface area contributed by atoms with Crippen LogP contribution in [0.1, 0.15) is 22.7 Å². The van der Waals surface area contributed by atoms with E-state index in [9.17, 15) is 4.79 Å². The zero-order valence-electron chi connectivity index (χ0n) is 17.8. The van der Waals surface area contributed by atoms with Crippen LogP contribution >= 0.6 is 23.2 Å². The Kier molecular flexibility index (Phi) is 7.48. The summed E-state index contributed by atoms with van der Waals surface area (Å²) < 4.78 is 0. The van der Waals surface area contributed by atoms with Gasteiger partial charge in [-0.2, -0.15) is 0 Å². The lowest BCUT2D eigenvalue weighted by Gasteiger charge is -2.40. The number of halogens is 2. The summed E-state index contributed by atoms with van der Waals surface area (Å²) >= 11 is 12.2. The van der Waals surface area contributed by atoms with Crippen molar-refractivity contribution in [2.75, 3.05) is 26.2 Å². The Balaban J connectivity index is 1.42. The van der Waals surface area contributed by atoms with E-state index in [0.717, 1.165) is 18.7 Å². The molecule has 0 aliphatic carbocycles. The number of piperazine rings is 1. The molecule has 4 nitrogen and oxygen atoms in total. The lowest BCUT2D eigenvalue weighted by molar-refractivity contribution is -0.134. The summed E-state index contributed by atoms with van der Waals surface area (Å²) in [5.74, 6) is -0.0355. The molecule has 1 aliphatic heterocycles. The van der Waals surface area contributed by atoms with Gasteiger partial charge in [-0.1, -0.05) is 89.9 Å². The summed E-state index contributed by atoms with van der Waals surface area (Å²) in [6, 6.07) is 25.9. The number of nitrogens with two attached hydrogens (primary N) is 1. The molecule has 1 aliphatic rings. The van der Waals surface area contributed by atoms with E-state index in [2.05, 4.69) is 53.4 Å². The van der Waals surface area contributed by atoms with Gasteiger partial charge in [-0.05, 0) is 35.2 Å². The van der Waals surface area contributed by atoms with E-state index < -0.39 is 6.04 Å². The summed E-state index contributed by atoms with van der Waals surface area (Å²) in [4.78, 5) is 17.3. The number of benzene rings is 3. The molecule has 6 heteroatoms. The van der Waals surface area contributed by atoms with Crippen molar-refractivity contribution in [3.05, 3.63) is 106 Å². The Morgan fingerprint density at radius 1 is 0.844 bits per heavy atom. The minimum absolute atomic E-state index is 0.0355. The van der Waals surface area contributed by atoms with E-state index in [4.69, 9.17) is 28.9 Å². The fourth-order valence-corrected chi connectivity index (χ4v) is 4.82. The average Bonchev–Trinajstić information content (AvgIpc) is 2.82. The fourth-order valence-electron chi connectivity index (χ4n) is 4.33. The highest BCUT2D eigenvalue weighted by molar-refractivity contribution is 6.35. The number of hydrogen-bond acceptors (Lipinski definition) is 3. The third-order valence-electron chi connectivity index (χ3n) is 5.99. The Hall–Kier alpha value is -2.37. The molecule has 0 bridgehead atoms. The number of carbonyl (C=O) groups excluding carboxylic acids is 1. The van der Waals surface area contributed by atoms with E-state index in [1.165, 1.54) is 11.1 Å². The molecule has 1 amide bonds. The van der Waals surface area contributed by atoms with Crippen LogP contribution in [0.2, 0.25) is 10.0 Å². The SMILES string of the molecule is NC(Cc1ccc(Cl)cc1Cl)C(=O)N1CCN(C(c2ccccc2)c2ccccc2)CC1. The first-order valence-electron chi connectivity index (χ1n) is 10.8. The third-order valence-corrected chi connectivity index (χ3v) is 6.58. The lowest BCUT2D eigenvalue weighted by Crippen LogP contribution is -2.54. The molecule has 32 heavy (non-hydrogen) atoms. The van der Waals surface area contributed by atoms with Gasteiger partial charge in [-0.25, -0.2) is 0 Å².